The van der Waals surface area contributed by atoms with Gasteiger partial charge in [-0.1, -0.05) is 6.07 Å². The normalized spacial score (nSPS) is 17.3. The first kappa shape index (κ1) is 24.6. The lowest BCUT2D eigenvalue weighted by Gasteiger charge is -2.34. The number of hydrogen-bond acceptors (Lipinski definition) is 10. The molecule has 4 aromatic heterocycles. The number of ether oxygens (including phenoxy) is 1. The van der Waals surface area contributed by atoms with E-state index >= 15 is 0 Å². The highest BCUT2D eigenvalue weighted by molar-refractivity contribution is 7.39. The highest BCUT2D eigenvalue weighted by Crippen LogP contribution is 2.37. The minimum atomic E-state index is -2.47. The van der Waals surface area contributed by atoms with Gasteiger partial charge in [0, 0.05) is 36.1 Å². The van der Waals surface area contributed by atoms with Gasteiger partial charge in [-0.15, -0.1) is 11.3 Å². The van der Waals surface area contributed by atoms with Crippen molar-refractivity contribution in [1.82, 2.24) is 29.5 Å². The highest BCUT2D eigenvalue weighted by Gasteiger charge is 2.32. The van der Waals surface area contributed by atoms with Crippen molar-refractivity contribution in [1.29, 1.82) is 0 Å². The van der Waals surface area contributed by atoms with Crippen LogP contribution in [0.5, 0.6) is 0 Å². The number of pyridine rings is 1. The lowest BCUT2D eigenvalue weighted by Crippen LogP contribution is -2.33. The third-order valence-corrected chi connectivity index (χ3v) is 6.89. The van der Waals surface area contributed by atoms with Crippen LogP contribution in [0.3, 0.4) is 0 Å². The first-order valence-corrected chi connectivity index (χ1v) is 13.3. The zero-order chi connectivity index (χ0) is 25.1. The van der Waals surface area contributed by atoms with E-state index in [1.807, 2.05) is 36.0 Å². The fourth-order valence-corrected chi connectivity index (χ4v) is 4.84. The van der Waals surface area contributed by atoms with Crippen LogP contribution in [0.4, 0.5) is 5.69 Å². The molecule has 12 nitrogen and oxygen atoms in total. The van der Waals surface area contributed by atoms with Crippen molar-refractivity contribution in [2.45, 2.75) is 38.6 Å². The summed E-state index contributed by atoms with van der Waals surface area (Å²) in [6, 6.07) is 5.76. The van der Waals surface area contributed by atoms with Gasteiger partial charge in [0.15, 0.2) is 0 Å². The summed E-state index contributed by atoms with van der Waals surface area (Å²) < 4.78 is 13.7. The van der Waals surface area contributed by atoms with E-state index < -0.39 is 8.60 Å². The average Bonchev–Trinajstić information content (AvgIpc) is 3.60. The second-order valence-corrected chi connectivity index (χ2v) is 9.68. The van der Waals surface area contributed by atoms with Gasteiger partial charge >= 0.3 is 8.60 Å². The molecule has 0 spiro atoms. The van der Waals surface area contributed by atoms with Crippen LogP contribution < -0.4 is 5.32 Å². The number of nitrogens with zero attached hydrogens (tertiary/aromatic N) is 6. The van der Waals surface area contributed by atoms with Crippen LogP contribution in [-0.2, 0) is 16.0 Å². The summed E-state index contributed by atoms with van der Waals surface area (Å²) in [5, 5.41) is 14.0. The smallest absolute Gasteiger partial charge is 0.328 e. The van der Waals surface area contributed by atoms with Gasteiger partial charge < -0.3 is 19.8 Å². The Morgan fingerprint density at radius 3 is 2.92 bits per heavy atom. The molecule has 0 unspecified atom stereocenters. The highest BCUT2D eigenvalue weighted by atomic mass is 32.1. The number of thiazole rings is 1. The minimum Gasteiger partial charge on any atom is -0.378 e. The molecule has 1 aliphatic carbocycles. The van der Waals surface area contributed by atoms with Crippen molar-refractivity contribution in [3.8, 4) is 22.0 Å². The van der Waals surface area contributed by atoms with Crippen molar-refractivity contribution in [2.24, 2.45) is 0 Å². The maximum absolute atomic E-state index is 13.1. The second-order valence-electron chi connectivity index (χ2n) is 8.06. The van der Waals surface area contributed by atoms with E-state index in [1.54, 1.807) is 24.0 Å². The van der Waals surface area contributed by atoms with Gasteiger partial charge in [0.2, 0.25) is 0 Å². The van der Waals surface area contributed by atoms with E-state index in [-0.39, 0.29) is 30.5 Å². The first-order valence-electron chi connectivity index (χ1n) is 11.2. The number of carbonyl (C=O) groups is 1. The number of nitrogens with one attached hydrogen (secondary N) is 1. The predicted octanol–water partition coefficient (Wildman–Crippen LogP) is 3.44. The molecule has 188 valence electrons. The van der Waals surface area contributed by atoms with Crippen LogP contribution in [0.15, 0.2) is 48.4 Å². The summed E-state index contributed by atoms with van der Waals surface area (Å²) in [5.74, 6) is -0.364. The van der Waals surface area contributed by atoms with E-state index in [0.717, 1.165) is 12.8 Å². The SMILES string of the molecule is CCOC1CC(n2cc(NC(=O)c3csc(-c4cnn(COP(O)O)c4)n3)c(-c3ccccn3)n2)C1. The lowest BCUT2D eigenvalue weighted by molar-refractivity contribution is -0.0226. The van der Waals surface area contributed by atoms with E-state index in [2.05, 4.69) is 20.4 Å². The maximum atomic E-state index is 13.1. The fourth-order valence-electron chi connectivity index (χ4n) is 3.84. The molecular formula is C22H24N7O5PS. The molecule has 14 heteroatoms. The molecule has 1 aliphatic rings. The molecule has 1 saturated carbocycles. The summed E-state index contributed by atoms with van der Waals surface area (Å²) in [6.45, 7) is 2.57. The van der Waals surface area contributed by atoms with Crippen molar-refractivity contribution in [3.63, 3.8) is 0 Å². The molecule has 5 rings (SSSR count). The van der Waals surface area contributed by atoms with Crippen LogP contribution in [-0.4, -0.2) is 57.9 Å². The molecular weight excluding hydrogens is 505 g/mol. The van der Waals surface area contributed by atoms with Crippen molar-refractivity contribution in [3.05, 3.63) is 54.1 Å². The number of carbonyl (C=O) groups excluding carboxylic acids is 1. The van der Waals surface area contributed by atoms with Gasteiger partial charge in [-0.05, 0) is 31.9 Å². The summed E-state index contributed by atoms with van der Waals surface area (Å²) in [4.78, 5) is 39.7. The van der Waals surface area contributed by atoms with E-state index in [1.165, 1.54) is 16.0 Å². The number of aromatic nitrogens is 6. The Balaban J connectivity index is 1.32. The van der Waals surface area contributed by atoms with Crippen LogP contribution >= 0.6 is 19.9 Å². The third-order valence-electron chi connectivity index (χ3n) is 5.66. The molecule has 3 N–H and O–H groups in total. The fraction of sp³-hybridized carbons (Fsp3) is 0.318. The number of hydrogen-bond donors (Lipinski definition) is 3. The van der Waals surface area contributed by atoms with Crippen molar-refractivity contribution in [2.75, 3.05) is 11.9 Å². The van der Waals surface area contributed by atoms with Gasteiger partial charge in [-0.2, -0.15) is 10.2 Å². The summed E-state index contributed by atoms with van der Waals surface area (Å²) in [6.07, 6.45) is 8.72. The standard InChI is InChI=1S/C22H24N7O5PS/c1-2-33-16-7-15(8-16)29-11-18(20(27-29)17-5-3-4-6-23-17)25-21(30)19-12-36-22(26-19)14-9-24-28(10-14)13-34-35(31)32/h3-6,9-12,15-16,31-32H,2,7-8,13H2,1H3,(H,25,30). The van der Waals surface area contributed by atoms with Gasteiger partial charge in [-0.3, -0.25) is 19.0 Å². The predicted molar refractivity (Wildman–Crippen MR) is 133 cm³/mol. The Labute approximate surface area is 211 Å². The molecule has 0 atom stereocenters. The molecule has 0 radical (unpaired) electrons. The molecule has 0 aromatic carbocycles. The zero-order valence-corrected chi connectivity index (χ0v) is 21.0. The average molecular weight is 530 g/mol. The molecule has 1 fully saturated rings. The van der Waals surface area contributed by atoms with E-state index in [9.17, 15) is 4.79 Å². The Kier molecular flexibility index (Phi) is 7.46. The van der Waals surface area contributed by atoms with Crippen molar-refractivity contribution < 1.29 is 23.8 Å². The van der Waals surface area contributed by atoms with Crippen LogP contribution in [0, 0.1) is 0 Å². The quantitative estimate of drug-likeness (QED) is 0.263. The molecule has 1 amide bonds. The number of amides is 1. The number of anilines is 1. The maximum Gasteiger partial charge on any atom is 0.328 e. The van der Waals surface area contributed by atoms with Crippen LogP contribution in [0.2, 0.25) is 0 Å². The number of rotatable bonds is 10. The van der Waals surface area contributed by atoms with Gasteiger partial charge in [0.05, 0.1) is 29.7 Å². The van der Waals surface area contributed by atoms with Crippen LogP contribution in [0.25, 0.3) is 22.0 Å². The summed E-state index contributed by atoms with van der Waals surface area (Å²) >= 11 is 1.30. The largest absolute Gasteiger partial charge is 0.378 e. The molecule has 0 bridgehead atoms. The molecule has 4 aromatic rings. The third kappa shape index (κ3) is 5.51. The van der Waals surface area contributed by atoms with Gasteiger partial charge in [0.1, 0.15) is 23.1 Å². The Bertz CT molecular complexity index is 1320. The van der Waals surface area contributed by atoms with E-state index in [0.29, 0.717) is 34.3 Å². The van der Waals surface area contributed by atoms with Gasteiger partial charge in [-0.25, -0.2) is 9.67 Å². The minimum absolute atomic E-state index is 0.107. The first-order chi connectivity index (χ1) is 17.5. The Morgan fingerprint density at radius 2 is 2.17 bits per heavy atom. The molecule has 4 heterocycles. The topological polar surface area (TPSA) is 149 Å². The Morgan fingerprint density at radius 1 is 1.31 bits per heavy atom. The summed E-state index contributed by atoms with van der Waals surface area (Å²) in [7, 11) is -2.47. The molecule has 36 heavy (non-hydrogen) atoms. The van der Waals surface area contributed by atoms with E-state index in [4.69, 9.17) is 24.1 Å². The van der Waals surface area contributed by atoms with Crippen molar-refractivity contribution >= 4 is 31.5 Å². The Hall–Kier alpha value is -3.06. The molecule has 0 aliphatic heterocycles. The zero-order valence-electron chi connectivity index (χ0n) is 19.3. The lowest BCUT2D eigenvalue weighted by atomic mass is 9.89. The van der Waals surface area contributed by atoms with Crippen LogP contribution in [0.1, 0.15) is 36.3 Å². The summed E-state index contributed by atoms with van der Waals surface area (Å²) in [5.41, 5.74) is 2.75. The van der Waals surface area contributed by atoms with Gasteiger partial charge in [0.25, 0.3) is 5.91 Å². The second kappa shape index (κ2) is 10.9. The monoisotopic (exact) mass is 529 g/mol. The molecule has 0 saturated heterocycles.